The Bertz CT molecular complexity index is 1420. The molecular weight excluding hydrogens is 398 g/mol. The molecule has 3 aromatic heterocycles. The molecule has 2 aromatic carbocycles. The molecule has 3 heterocycles. The number of carbonyl (C=O) groups excluding carboxylic acids is 1. The van der Waals surface area contributed by atoms with Crippen molar-refractivity contribution < 1.29 is 4.79 Å². The summed E-state index contributed by atoms with van der Waals surface area (Å²) in [6, 6.07) is 19.8. The number of carbonyl (C=O) groups is 1. The summed E-state index contributed by atoms with van der Waals surface area (Å²) in [6.45, 7) is 0. The number of fused-ring (bicyclic) bond motifs is 4. The van der Waals surface area contributed by atoms with E-state index in [0.29, 0.717) is 0 Å². The molecule has 1 amide bonds. The van der Waals surface area contributed by atoms with Crippen LogP contribution in [0.2, 0.25) is 0 Å². The van der Waals surface area contributed by atoms with Gasteiger partial charge in [-0.05, 0) is 39.9 Å². The zero-order valence-electron chi connectivity index (χ0n) is 17.1. The molecule has 6 rings (SSSR count). The Hall–Kier alpha value is -4.32. The molecule has 32 heavy (non-hydrogen) atoms. The van der Waals surface area contributed by atoms with Crippen LogP contribution in [0.5, 0.6) is 0 Å². The van der Waals surface area contributed by atoms with Crippen molar-refractivity contribution in [3.8, 4) is 22.5 Å². The zero-order valence-corrected chi connectivity index (χ0v) is 17.1. The quantitative estimate of drug-likeness (QED) is 0.453. The van der Waals surface area contributed by atoms with E-state index in [4.69, 9.17) is 4.98 Å². The molecule has 0 bridgehead atoms. The number of aromatic nitrogens is 4. The molecule has 0 radical (unpaired) electrons. The van der Waals surface area contributed by atoms with Crippen LogP contribution in [-0.2, 0) is 11.2 Å². The average molecular weight is 417 g/mol. The van der Waals surface area contributed by atoms with Gasteiger partial charge in [0.05, 0.1) is 29.7 Å². The lowest BCUT2D eigenvalue weighted by Gasteiger charge is -2.16. The number of amides is 1. The first-order valence-electron chi connectivity index (χ1n) is 10.5. The molecular formula is C26H19N5O. The molecule has 1 aliphatic carbocycles. The van der Waals surface area contributed by atoms with Gasteiger partial charge in [0.1, 0.15) is 5.82 Å². The smallest absolute Gasteiger partial charge is 0.225 e. The highest BCUT2D eigenvalue weighted by atomic mass is 16.1. The zero-order chi connectivity index (χ0) is 21.5. The fraction of sp³-hybridized carbons (Fsp3) is 0.0769. The number of hydrogen-bond acceptors (Lipinski definition) is 4. The number of H-pyrrole nitrogens is 1. The predicted molar refractivity (Wildman–Crippen MR) is 123 cm³/mol. The molecule has 1 atom stereocenters. The van der Waals surface area contributed by atoms with Crippen LogP contribution in [0.1, 0.15) is 22.7 Å². The van der Waals surface area contributed by atoms with Crippen molar-refractivity contribution in [1.29, 1.82) is 0 Å². The lowest BCUT2D eigenvalue weighted by Crippen LogP contribution is -2.29. The maximum absolute atomic E-state index is 12.9. The average Bonchev–Trinajstić information content (AvgIpc) is 3.40. The molecule has 6 heteroatoms. The van der Waals surface area contributed by atoms with Gasteiger partial charge < -0.3 is 10.3 Å². The Morgan fingerprint density at radius 1 is 0.875 bits per heavy atom. The Balaban J connectivity index is 1.42. The Labute approximate surface area is 184 Å². The molecule has 0 saturated carbocycles. The first-order chi connectivity index (χ1) is 15.8. The van der Waals surface area contributed by atoms with Crippen molar-refractivity contribution in [2.24, 2.45) is 0 Å². The topological polar surface area (TPSA) is 83.6 Å². The molecule has 154 valence electrons. The van der Waals surface area contributed by atoms with Crippen LogP contribution in [0, 0.1) is 0 Å². The third-order valence-electron chi connectivity index (χ3n) is 5.88. The summed E-state index contributed by atoms with van der Waals surface area (Å²) in [5, 5.41) is 3.24. The van der Waals surface area contributed by atoms with Gasteiger partial charge in [-0.2, -0.15) is 0 Å². The van der Waals surface area contributed by atoms with E-state index < -0.39 is 0 Å². The van der Waals surface area contributed by atoms with Gasteiger partial charge in [-0.3, -0.25) is 14.8 Å². The van der Waals surface area contributed by atoms with Gasteiger partial charge >= 0.3 is 0 Å². The van der Waals surface area contributed by atoms with E-state index in [1.54, 1.807) is 24.8 Å². The minimum Gasteiger partial charge on any atom is -0.345 e. The third kappa shape index (κ3) is 3.04. The van der Waals surface area contributed by atoms with Crippen LogP contribution in [-0.4, -0.2) is 25.8 Å². The van der Waals surface area contributed by atoms with E-state index in [1.807, 2.05) is 36.4 Å². The fourth-order valence-corrected chi connectivity index (χ4v) is 4.49. The minimum atomic E-state index is -0.212. The van der Waals surface area contributed by atoms with Crippen LogP contribution in [0.3, 0.4) is 0 Å². The van der Waals surface area contributed by atoms with Crippen molar-refractivity contribution in [2.75, 3.05) is 0 Å². The third-order valence-corrected chi connectivity index (χ3v) is 5.88. The largest absolute Gasteiger partial charge is 0.345 e. The van der Waals surface area contributed by atoms with Crippen LogP contribution in [0.15, 0.2) is 85.5 Å². The lowest BCUT2D eigenvalue weighted by molar-refractivity contribution is -0.120. The van der Waals surface area contributed by atoms with Crippen LogP contribution >= 0.6 is 0 Å². The molecule has 2 N–H and O–H groups in total. The van der Waals surface area contributed by atoms with Gasteiger partial charge in [0.15, 0.2) is 0 Å². The van der Waals surface area contributed by atoms with E-state index in [2.05, 4.69) is 44.5 Å². The molecule has 1 aliphatic rings. The molecule has 0 unspecified atom stereocenters. The highest BCUT2D eigenvalue weighted by molar-refractivity contribution is 5.93. The van der Waals surface area contributed by atoms with E-state index >= 15 is 0 Å². The van der Waals surface area contributed by atoms with E-state index in [0.717, 1.165) is 50.2 Å². The Morgan fingerprint density at radius 3 is 2.59 bits per heavy atom. The van der Waals surface area contributed by atoms with Crippen molar-refractivity contribution in [1.82, 2.24) is 25.3 Å². The monoisotopic (exact) mass is 417 g/mol. The van der Waals surface area contributed by atoms with Gasteiger partial charge in [-0.1, -0.05) is 48.5 Å². The minimum absolute atomic E-state index is 0.0362. The van der Waals surface area contributed by atoms with Gasteiger partial charge in [-0.15, -0.1) is 0 Å². The molecule has 0 aliphatic heterocycles. The van der Waals surface area contributed by atoms with Crippen LogP contribution in [0.4, 0.5) is 0 Å². The Morgan fingerprint density at radius 2 is 1.72 bits per heavy atom. The fourth-order valence-electron chi connectivity index (χ4n) is 4.49. The van der Waals surface area contributed by atoms with E-state index in [-0.39, 0.29) is 18.4 Å². The van der Waals surface area contributed by atoms with Crippen molar-refractivity contribution >= 4 is 16.9 Å². The standard InChI is InChI=1S/C26H19N5O/c32-23(13-16-5-4-11-27-14-16)31-25-18-7-2-1-6-17(18)24-19(25)8-3-9-20(24)26-29-21-10-12-28-15-22(21)30-26/h1-12,14-15,25H,13H2,(H,29,30)(H,31,32)/t25-/m1/s1. The second-order valence-electron chi connectivity index (χ2n) is 7.87. The first-order valence-corrected chi connectivity index (χ1v) is 10.5. The van der Waals surface area contributed by atoms with Crippen LogP contribution in [0.25, 0.3) is 33.5 Å². The summed E-state index contributed by atoms with van der Waals surface area (Å²) in [6.07, 6.45) is 7.25. The number of aromatic amines is 1. The predicted octanol–water partition coefficient (Wildman–Crippen LogP) is 4.45. The Kier molecular flexibility index (Phi) is 4.28. The molecule has 5 aromatic rings. The van der Waals surface area contributed by atoms with Crippen LogP contribution < -0.4 is 5.32 Å². The van der Waals surface area contributed by atoms with E-state index in [9.17, 15) is 4.79 Å². The summed E-state index contributed by atoms with van der Waals surface area (Å²) >= 11 is 0. The number of pyridine rings is 2. The lowest BCUT2D eigenvalue weighted by atomic mass is 9.98. The second-order valence-corrected chi connectivity index (χ2v) is 7.87. The second kappa shape index (κ2) is 7.42. The molecule has 0 spiro atoms. The number of nitrogens with one attached hydrogen (secondary N) is 2. The molecule has 0 fully saturated rings. The number of hydrogen-bond donors (Lipinski definition) is 2. The summed E-state index contributed by atoms with van der Waals surface area (Å²) in [5.41, 5.74) is 8.04. The molecule has 0 saturated heterocycles. The maximum Gasteiger partial charge on any atom is 0.225 e. The number of nitrogens with zero attached hydrogens (tertiary/aromatic N) is 3. The van der Waals surface area contributed by atoms with Gasteiger partial charge in [-0.25, -0.2) is 4.98 Å². The maximum atomic E-state index is 12.9. The normalized spacial score (nSPS) is 14.2. The highest BCUT2D eigenvalue weighted by Crippen LogP contribution is 2.47. The highest BCUT2D eigenvalue weighted by Gasteiger charge is 2.32. The molecule has 6 nitrogen and oxygen atoms in total. The van der Waals surface area contributed by atoms with Crippen molar-refractivity contribution in [3.05, 3.63) is 102 Å². The van der Waals surface area contributed by atoms with E-state index in [1.165, 1.54) is 0 Å². The van der Waals surface area contributed by atoms with Crippen molar-refractivity contribution in [3.63, 3.8) is 0 Å². The summed E-state index contributed by atoms with van der Waals surface area (Å²) in [7, 11) is 0. The summed E-state index contributed by atoms with van der Waals surface area (Å²) in [4.78, 5) is 29.4. The van der Waals surface area contributed by atoms with Gasteiger partial charge in [0, 0.05) is 24.2 Å². The first kappa shape index (κ1) is 18.4. The number of benzene rings is 2. The van der Waals surface area contributed by atoms with Gasteiger partial charge in [0.2, 0.25) is 5.91 Å². The summed E-state index contributed by atoms with van der Waals surface area (Å²) in [5.74, 6) is 0.757. The van der Waals surface area contributed by atoms with Crippen molar-refractivity contribution in [2.45, 2.75) is 12.5 Å². The summed E-state index contributed by atoms with van der Waals surface area (Å²) < 4.78 is 0. The SMILES string of the molecule is O=C(Cc1cccnc1)N[C@@H]1c2ccccc2-c2c(-c3nc4ccncc4[nH]3)cccc21. The van der Waals surface area contributed by atoms with Gasteiger partial charge in [0.25, 0.3) is 0 Å². The number of imidazole rings is 1. The number of rotatable bonds is 4.